The minimum atomic E-state index is -4.61. The molecule has 0 unspecified atom stereocenters. The van der Waals surface area contributed by atoms with Crippen LogP contribution in [0.3, 0.4) is 0 Å². The number of H-pyrrole nitrogens is 1. The first-order chi connectivity index (χ1) is 19.2. The molecule has 1 amide bonds. The fourth-order valence-corrected chi connectivity index (χ4v) is 4.13. The summed E-state index contributed by atoms with van der Waals surface area (Å²) < 4.78 is 58.9. The number of fused-ring (bicyclic) bond motifs is 1. The largest absolute Gasteiger partial charge is 0.422 e. The Bertz CT molecular complexity index is 1740. The minimum Gasteiger partial charge on any atom is -0.422 e. The number of carbonyl (C=O) groups is 2. The zero-order chi connectivity index (χ0) is 28.3. The molecule has 0 saturated carbocycles. The summed E-state index contributed by atoms with van der Waals surface area (Å²) in [6.45, 7) is 0. The molecule has 0 aliphatic carbocycles. The molecule has 200 valence electrons. The maximum atomic E-state index is 14.5. The van der Waals surface area contributed by atoms with Crippen LogP contribution in [-0.2, 0) is 6.18 Å². The fourth-order valence-electron chi connectivity index (χ4n) is 4.13. The van der Waals surface area contributed by atoms with Gasteiger partial charge in [-0.1, -0.05) is 60.7 Å². The summed E-state index contributed by atoms with van der Waals surface area (Å²) >= 11 is 0. The Morgan fingerprint density at radius 3 is 2.38 bits per heavy atom. The summed E-state index contributed by atoms with van der Waals surface area (Å²) in [6.07, 6.45) is -3.39. The van der Waals surface area contributed by atoms with Crippen molar-refractivity contribution in [1.29, 1.82) is 0 Å². The summed E-state index contributed by atoms with van der Waals surface area (Å²) in [6, 6.07) is 23.6. The number of ether oxygens (including phenoxy) is 1. The second-order valence-electron chi connectivity index (χ2n) is 8.61. The van der Waals surface area contributed by atoms with Crippen LogP contribution in [0.5, 0.6) is 5.75 Å². The summed E-state index contributed by atoms with van der Waals surface area (Å²) in [7, 11) is 0. The lowest BCUT2D eigenvalue weighted by Crippen LogP contribution is -2.19. The van der Waals surface area contributed by atoms with Crippen LogP contribution in [0, 0.1) is 5.82 Å². The van der Waals surface area contributed by atoms with Crippen LogP contribution in [0.1, 0.15) is 32.0 Å². The molecule has 5 aromatic rings. The molecule has 0 aliphatic heterocycles. The van der Waals surface area contributed by atoms with Gasteiger partial charge in [0.15, 0.2) is 0 Å². The van der Waals surface area contributed by atoms with Gasteiger partial charge in [-0.25, -0.2) is 14.6 Å². The second-order valence-corrected chi connectivity index (χ2v) is 8.61. The molecule has 1 heterocycles. The highest BCUT2D eigenvalue weighted by Gasteiger charge is 2.31. The molecule has 0 radical (unpaired) electrons. The van der Waals surface area contributed by atoms with Gasteiger partial charge in [-0.05, 0) is 42.0 Å². The Morgan fingerprint density at radius 1 is 0.875 bits per heavy atom. The minimum absolute atomic E-state index is 0.0144. The van der Waals surface area contributed by atoms with E-state index in [1.54, 1.807) is 48.5 Å². The number of aromatic nitrogens is 1. The van der Waals surface area contributed by atoms with Gasteiger partial charge in [-0.15, -0.1) is 0 Å². The Balaban J connectivity index is 1.38. The molecule has 2 N–H and O–H groups in total. The Kier molecular flexibility index (Phi) is 7.15. The second kappa shape index (κ2) is 10.9. The van der Waals surface area contributed by atoms with E-state index in [2.05, 4.69) is 15.5 Å². The molecule has 40 heavy (non-hydrogen) atoms. The first kappa shape index (κ1) is 26.4. The molecule has 0 fully saturated rings. The predicted molar refractivity (Wildman–Crippen MR) is 142 cm³/mol. The van der Waals surface area contributed by atoms with E-state index >= 15 is 0 Å². The van der Waals surface area contributed by atoms with Gasteiger partial charge >= 0.3 is 12.1 Å². The zero-order valence-corrected chi connectivity index (χ0v) is 20.5. The molecule has 6 nitrogen and oxygen atoms in total. The third kappa shape index (κ3) is 5.46. The number of alkyl halides is 3. The number of halogens is 4. The number of benzene rings is 4. The van der Waals surface area contributed by atoms with E-state index in [1.807, 2.05) is 6.07 Å². The summed E-state index contributed by atoms with van der Waals surface area (Å²) in [5.74, 6) is -2.15. The molecule has 0 atom stereocenters. The number of carbonyl (C=O) groups excluding carboxylic acids is 2. The Labute approximate surface area is 224 Å². The normalized spacial score (nSPS) is 11.6. The third-order valence-corrected chi connectivity index (χ3v) is 5.99. The van der Waals surface area contributed by atoms with Crippen LogP contribution >= 0.6 is 0 Å². The van der Waals surface area contributed by atoms with Crippen LogP contribution in [-0.4, -0.2) is 23.1 Å². The van der Waals surface area contributed by atoms with Gasteiger partial charge in [0.2, 0.25) is 0 Å². The van der Waals surface area contributed by atoms with E-state index in [1.165, 1.54) is 30.5 Å². The lowest BCUT2D eigenvalue weighted by atomic mass is 10.0. The van der Waals surface area contributed by atoms with Crippen LogP contribution in [0.15, 0.2) is 102 Å². The molecule has 5 rings (SSSR count). The van der Waals surface area contributed by atoms with Gasteiger partial charge < -0.3 is 9.72 Å². The van der Waals surface area contributed by atoms with Gasteiger partial charge in [-0.3, -0.25) is 4.79 Å². The Morgan fingerprint density at radius 2 is 1.60 bits per heavy atom. The van der Waals surface area contributed by atoms with E-state index in [4.69, 9.17) is 4.74 Å². The van der Waals surface area contributed by atoms with E-state index < -0.39 is 29.4 Å². The number of hydrogen-bond acceptors (Lipinski definition) is 4. The number of nitrogens with one attached hydrogen (secondary N) is 2. The van der Waals surface area contributed by atoms with Crippen molar-refractivity contribution in [2.75, 3.05) is 0 Å². The average Bonchev–Trinajstić information content (AvgIpc) is 3.35. The highest BCUT2D eigenvalue weighted by molar-refractivity contribution is 6.10. The first-order valence-electron chi connectivity index (χ1n) is 11.9. The van der Waals surface area contributed by atoms with Gasteiger partial charge in [0, 0.05) is 16.5 Å². The smallest absolute Gasteiger partial charge is 0.416 e. The van der Waals surface area contributed by atoms with Crippen LogP contribution in [0.25, 0.3) is 22.0 Å². The molecular weight excluding hydrogens is 526 g/mol. The van der Waals surface area contributed by atoms with E-state index in [0.29, 0.717) is 22.6 Å². The van der Waals surface area contributed by atoms with Crippen molar-refractivity contribution in [1.82, 2.24) is 10.4 Å². The highest BCUT2D eigenvalue weighted by Crippen LogP contribution is 2.34. The van der Waals surface area contributed by atoms with Crippen molar-refractivity contribution >= 4 is 29.0 Å². The van der Waals surface area contributed by atoms with Crippen molar-refractivity contribution in [3.8, 4) is 16.9 Å². The standard InChI is InChI=1S/C30H19F4N3O3/c31-23-14-7-13-22-25(18-8-2-1-3-9-18)27(36-26(22)23)28(38)37-35-17-20-10-4-5-15-24(20)40-29(39)19-11-6-12-21(16-19)30(32,33)34/h1-17,36H,(H,37,38). The summed E-state index contributed by atoms with van der Waals surface area (Å²) in [4.78, 5) is 28.5. The number of hydrazone groups is 1. The molecule has 0 bridgehead atoms. The zero-order valence-electron chi connectivity index (χ0n) is 20.5. The Hall–Kier alpha value is -5.25. The number of rotatable bonds is 6. The first-order valence-corrected chi connectivity index (χ1v) is 11.9. The van der Waals surface area contributed by atoms with Gasteiger partial charge in [0.25, 0.3) is 5.91 Å². The number of amides is 1. The predicted octanol–water partition coefficient (Wildman–Crippen LogP) is 6.98. The molecule has 0 spiro atoms. The molecule has 0 aliphatic rings. The molecule has 4 aromatic carbocycles. The number of esters is 1. The SMILES string of the molecule is O=C(Oc1ccccc1C=NNC(=O)c1[nH]c2c(F)cccc2c1-c1ccccc1)c1cccc(C(F)(F)F)c1. The van der Waals surface area contributed by atoms with Crippen molar-refractivity contribution in [3.63, 3.8) is 0 Å². The lowest BCUT2D eigenvalue weighted by Gasteiger charge is -2.10. The number of aromatic amines is 1. The highest BCUT2D eigenvalue weighted by atomic mass is 19.4. The van der Waals surface area contributed by atoms with E-state index in [9.17, 15) is 27.2 Å². The molecule has 10 heteroatoms. The number of hydrogen-bond donors (Lipinski definition) is 2. The van der Waals surface area contributed by atoms with Crippen LogP contribution in [0.2, 0.25) is 0 Å². The molecule has 0 saturated heterocycles. The lowest BCUT2D eigenvalue weighted by molar-refractivity contribution is -0.137. The summed E-state index contributed by atoms with van der Waals surface area (Å²) in [5.41, 5.74) is 2.85. The van der Waals surface area contributed by atoms with Crippen LogP contribution < -0.4 is 10.2 Å². The van der Waals surface area contributed by atoms with E-state index in [0.717, 1.165) is 12.1 Å². The maximum Gasteiger partial charge on any atom is 0.416 e. The van der Waals surface area contributed by atoms with Gasteiger partial charge in [-0.2, -0.15) is 18.3 Å². The quantitative estimate of drug-likeness (QED) is 0.0794. The number of para-hydroxylation sites is 2. The number of nitrogens with zero attached hydrogens (tertiary/aromatic N) is 1. The average molecular weight is 545 g/mol. The summed E-state index contributed by atoms with van der Waals surface area (Å²) in [5, 5.41) is 4.47. The monoisotopic (exact) mass is 545 g/mol. The third-order valence-electron chi connectivity index (χ3n) is 5.99. The molecular formula is C30H19F4N3O3. The van der Waals surface area contributed by atoms with Crippen molar-refractivity contribution < 1.29 is 31.9 Å². The van der Waals surface area contributed by atoms with Crippen LogP contribution in [0.4, 0.5) is 17.6 Å². The topological polar surface area (TPSA) is 83.5 Å². The van der Waals surface area contributed by atoms with E-state index in [-0.39, 0.29) is 28.1 Å². The van der Waals surface area contributed by atoms with Crippen molar-refractivity contribution in [2.45, 2.75) is 6.18 Å². The molecule has 1 aromatic heterocycles. The maximum absolute atomic E-state index is 14.5. The van der Waals surface area contributed by atoms with Crippen molar-refractivity contribution in [3.05, 3.63) is 125 Å². The van der Waals surface area contributed by atoms with Crippen molar-refractivity contribution in [2.24, 2.45) is 5.10 Å². The fraction of sp³-hybridized carbons (Fsp3) is 0.0333. The van der Waals surface area contributed by atoms with Gasteiger partial charge in [0.05, 0.1) is 22.9 Å². The van der Waals surface area contributed by atoms with Gasteiger partial charge in [0.1, 0.15) is 17.3 Å².